The molecule has 0 N–H and O–H groups in total. The molecule has 0 unspecified atom stereocenters. The summed E-state index contributed by atoms with van der Waals surface area (Å²) in [7, 11) is 0. The molecule has 0 bridgehead atoms. The SMILES string of the molecule is [2H]c1cc(-c2cccc3c2oc2ccccc23)c2ccc3c(-c4ccc(-c5cccc6ccccc56)cc4)ccc4ccc1c2c43. The highest BCUT2D eigenvalue weighted by molar-refractivity contribution is 6.28. The Hall–Kier alpha value is -5.92. The van der Waals surface area contributed by atoms with Crippen molar-refractivity contribution in [3.05, 3.63) is 158 Å². The van der Waals surface area contributed by atoms with Crippen molar-refractivity contribution in [2.75, 3.05) is 0 Å². The quantitative estimate of drug-likeness (QED) is 0.192. The molecular weight excluding hydrogens is 544 g/mol. The molecule has 0 saturated heterocycles. The summed E-state index contributed by atoms with van der Waals surface area (Å²) in [5, 5.41) is 11.6. The van der Waals surface area contributed by atoms with Crippen molar-refractivity contribution in [3.8, 4) is 33.4 Å². The summed E-state index contributed by atoms with van der Waals surface area (Å²) >= 11 is 0. The molecular formula is C44H26O. The molecule has 1 heteroatoms. The number of hydrogen-bond acceptors (Lipinski definition) is 1. The molecule has 10 rings (SSSR count). The summed E-state index contributed by atoms with van der Waals surface area (Å²) in [4.78, 5) is 0. The normalized spacial score (nSPS) is 12.3. The van der Waals surface area contributed by atoms with Gasteiger partial charge in [-0.25, -0.2) is 0 Å². The topological polar surface area (TPSA) is 13.1 Å². The lowest BCUT2D eigenvalue weighted by molar-refractivity contribution is 0.670. The van der Waals surface area contributed by atoms with Gasteiger partial charge in [0, 0.05) is 16.3 Å². The van der Waals surface area contributed by atoms with Crippen LogP contribution in [0.25, 0.3) is 98.4 Å². The highest BCUT2D eigenvalue weighted by atomic mass is 16.3. The van der Waals surface area contributed by atoms with Crippen molar-refractivity contribution in [1.82, 2.24) is 0 Å². The first kappa shape index (κ1) is 23.5. The molecule has 0 aliphatic rings. The van der Waals surface area contributed by atoms with E-state index in [1.54, 1.807) is 0 Å². The number of rotatable bonds is 3. The van der Waals surface area contributed by atoms with Gasteiger partial charge in [-0.3, -0.25) is 0 Å². The minimum atomic E-state index is 0.523. The van der Waals surface area contributed by atoms with Crippen LogP contribution < -0.4 is 0 Å². The number of benzene rings is 9. The molecule has 10 aromatic rings. The molecule has 45 heavy (non-hydrogen) atoms. The lowest BCUT2D eigenvalue weighted by Crippen LogP contribution is -1.90. The fraction of sp³-hybridized carbons (Fsp3) is 0. The molecule has 0 aliphatic heterocycles. The van der Waals surface area contributed by atoms with Gasteiger partial charge in [-0.2, -0.15) is 0 Å². The predicted molar refractivity (Wildman–Crippen MR) is 191 cm³/mol. The third-order valence-corrected chi connectivity index (χ3v) is 9.57. The van der Waals surface area contributed by atoms with Crippen molar-refractivity contribution in [3.63, 3.8) is 0 Å². The fourth-order valence-corrected chi connectivity index (χ4v) is 7.46. The Labute approximate surface area is 261 Å². The molecule has 0 fully saturated rings. The molecule has 0 saturated carbocycles. The van der Waals surface area contributed by atoms with Crippen LogP contribution >= 0.6 is 0 Å². The minimum Gasteiger partial charge on any atom is -0.455 e. The van der Waals surface area contributed by atoms with Crippen molar-refractivity contribution in [2.24, 2.45) is 0 Å². The Morgan fingerprint density at radius 2 is 0.956 bits per heavy atom. The average Bonchev–Trinajstić information content (AvgIpc) is 3.50. The van der Waals surface area contributed by atoms with E-state index in [4.69, 9.17) is 5.79 Å². The molecule has 208 valence electrons. The Bertz CT molecular complexity index is 2800. The van der Waals surface area contributed by atoms with Gasteiger partial charge in [-0.15, -0.1) is 0 Å². The van der Waals surface area contributed by atoms with Crippen LogP contribution in [0.2, 0.25) is 0 Å². The first-order valence-electron chi connectivity index (χ1n) is 15.9. The van der Waals surface area contributed by atoms with Gasteiger partial charge in [0.05, 0.1) is 1.37 Å². The van der Waals surface area contributed by atoms with Crippen LogP contribution in [-0.4, -0.2) is 0 Å². The van der Waals surface area contributed by atoms with E-state index in [0.717, 1.165) is 49.2 Å². The van der Waals surface area contributed by atoms with E-state index in [-0.39, 0.29) is 0 Å². The molecule has 1 nitrogen and oxygen atoms in total. The van der Waals surface area contributed by atoms with Crippen molar-refractivity contribution in [2.45, 2.75) is 0 Å². The smallest absolute Gasteiger partial charge is 0.143 e. The minimum absolute atomic E-state index is 0.523. The first-order chi connectivity index (χ1) is 22.7. The second-order valence-electron chi connectivity index (χ2n) is 11.9. The highest BCUT2D eigenvalue weighted by Gasteiger charge is 2.18. The zero-order valence-electron chi connectivity index (χ0n) is 25.3. The van der Waals surface area contributed by atoms with Crippen LogP contribution in [0.3, 0.4) is 0 Å². The molecule has 0 spiro atoms. The van der Waals surface area contributed by atoms with E-state index in [2.05, 4.69) is 133 Å². The zero-order valence-corrected chi connectivity index (χ0v) is 24.3. The fourth-order valence-electron chi connectivity index (χ4n) is 7.46. The number of para-hydroxylation sites is 2. The van der Waals surface area contributed by atoms with Crippen LogP contribution in [0.4, 0.5) is 0 Å². The summed E-state index contributed by atoms with van der Waals surface area (Å²) in [6.45, 7) is 0. The average molecular weight is 572 g/mol. The van der Waals surface area contributed by atoms with E-state index in [1.165, 1.54) is 49.2 Å². The number of hydrogen-bond donors (Lipinski definition) is 0. The van der Waals surface area contributed by atoms with E-state index in [1.807, 2.05) is 18.2 Å². The molecule has 0 amide bonds. The molecule has 0 aliphatic carbocycles. The van der Waals surface area contributed by atoms with Gasteiger partial charge in [0.25, 0.3) is 0 Å². The monoisotopic (exact) mass is 571 g/mol. The zero-order chi connectivity index (χ0) is 30.4. The Morgan fingerprint density at radius 1 is 0.356 bits per heavy atom. The van der Waals surface area contributed by atoms with E-state index in [0.29, 0.717) is 6.04 Å². The standard InChI is InChI=1S/C44H26O/c1-2-9-32-27(7-1)8-5-11-33(32)28-15-17-29(18-16-28)34-23-21-30-19-20-31-22-24-35(38-26-25-37(34)42(30)43(31)38)39-12-6-13-40-36-10-3-4-14-41(36)45-44(39)40/h1-26H/i22D. The lowest BCUT2D eigenvalue weighted by atomic mass is 9.86. The predicted octanol–water partition coefficient (Wildman–Crippen LogP) is 12.6. The summed E-state index contributed by atoms with van der Waals surface area (Å²) in [5.74, 6) is 0. The van der Waals surface area contributed by atoms with Gasteiger partial charge in [-0.05, 0) is 77.0 Å². The van der Waals surface area contributed by atoms with Gasteiger partial charge < -0.3 is 4.42 Å². The van der Waals surface area contributed by atoms with Gasteiger partial charge in [0.15, 0.2) is 0 Å². The van der Waals surface area contributed by atoms with E-state index in [9.17, 15) is 0 Å². The van der Waals surface area contributed by atoms with Crippen LogP contribution in [0.5, 0.6) is 0 Å². The van der Waals surface area contributed by atoms with Crippen LogP contribution in [-0.2, 0) is 0 Å². The second kappa shape index (κ2) is 9.29. The Balaban J connectivity index is 1.18. The van der Waals surface area contributed by atoms with Crippen LogP contribution in [0, 0.1) is 0 Å². The maximum absolute atomic E-state index is 9.16. The highest BCUT2D eigenvalue weighted by Crippen LogP contribution is 2.44. The number of fused-ring (bicyclic) bond motifs is 4. The van der Waals surface area contributed by atoms with Crippen LogP contribution in [0.1, 0.15) is 1.37 Å². The molecule has 1 heterocycles. The maximum atomic E-state index is 9.16. The molecule has 0 atom stereocenters. The summed E-state index contributed by atoms with van der Waals surface area (Å²) in [6.07, 6.45) is 0. The summed E-state index contributed by atoms with van der Waals surface area (Å²) in [6, 6.07) is 54.4. The molecule has 9 aromatic carbocycles. The van der Waals surface area contributed by atoms with Gasteiger partial charge >= 0.3 is 0 Å². The van der Waals surface area contributed by atoms with Gasteiger partial charge in [0.2, 0.25) is 0 Å². The van der Waals surface area contributed by atoms with Crippen molar-refractivity contribution < 1.29 is 5.79 Å². The van der Waals surface area contributed by atoms with Crippen molar-refractivity contribution >= 4 is 65.0 Å². The largest absolute Gasteiger partial charge is 0.455 e. The Kier molecular flexibility index (Phi) is 4.86. The maximum Gasteiger partial charge on any atom is 0.143 e. The number of furan rings is 1. The summed E-state index contributed by atoms with van der Waals surface area (Å²) < 4.78 is 15.6. The van der Waals surface area contributed by atoms with Crippen LogP contribution in [0.15, 0.2) is 162 Å². The van der Waals surface area contributed by atoms with E-state index < -0.39 is 0 Å². The van der Waals surface area contributed by atoms with Gasteiger partial charge in [0.1, 0.15) is 11.2 Å². The third kappa shape index (κ3) is 3.56. The first-order valence-corrected chi connectivity index (χ1v) is 15.4. The van der Waals surface area contributed by atoms with E-state index >= 15 is 0 Å². The molecule has 0 radical (unpaired) electrons. The Morgan fingerprint density at radius 3 is 1.82 bits per heavy atom. The van der Waals surface area contributed by atoms with Gasteiger partial charge in [-0.1, -0.05) is 152 Å². The molecule has 1 aromatic heterocycles. The van der Waals surface area contributed by atoms with Crippen molar-refractivity contribution in [1.29, 1.82) is 0 Å². The second-order valence-corrected chi connectivity index (χ2v) is 11.9. The summed E-state index contributed by atoms with van der Waals surface area (Å²) in [5.41, 5.74) is 8.63. The third-order valence-electron chi connectivity index (χ3n) is 9.57. The lowest BCUT2D eigenvalue weighted by Gasteiger charge is -2.17.